The van der Waals surface area contributed by atoms with Gasteiger partial charge < -0.3 is 9.47 Å². The van der Waals surface area contributed by atoms with Crippen molar-refractivity contribution in [1.29, 1.82) is 0 Å². The van der Waals surface area contributed by atoms with Crippen LogP contribution in [0.15, 0.2) is 0 Å². The summed E-state index contributed by atoms with van der Waals surface area (Å²) in [6, 6.07) is 0. The third-order valence-corrected chi connectivity index (χ3v) is 12.3. The SMILES string of the molecule is COCC12CCCC1C1CCC3C(C)(CCC4C(C)(C)C(OC)CCC43C)C1CC2. The van der Waals surface area contributed by atoms with E-state index in [9.17, 15) is 0 Å². The lowest BCUT2D eigenvalue weighted by atomic mass is 9.36. The Morgan fingerprint density at radius 1 is 0.700 bits per heavy atom. The zero-order chi connectivity index (χ0) is 21.4. The second-order valence-corrected chi connectivity index (χ2v) is 13.4. The fourth-order valence-corrected chi connectivity index (χ4v) is 11.3. The van der Waals surface area contributed by atoms with Crippen molar-refractivity contribution >= 4 is 0 Å². The molecule has 172 valence electrons. The standard InChI is InChI=1S/C28H48O2/c1-25(2)22-12-15-26(3)20-11-17-28(18-29-5)14-7-8-21(28)19(20)9-10-23(26)27(22,4)16-13-24(25)30-6/h19-24H,7-18H2,1-6H3. The number of rotatable bonds is 3. The molecule has 0 amide bonds. The fraction of sp³-hybridized carbons (Fsp3) is 1.00. The van der Waals surface area contributed by atoms with Gasteiger partial charge in [-0.05, 0) is 115 Å². The summed E-state index contributed by atoms with van der Waals surface area (Å²) >= 11 is 0. The van der Waals surface area contributed by atoms with Crippen LogP contribution in [0.4, 0.5) is 0 Å². The monoisotopic (exact) mass is 416 g/mol. The number of hydrogen-bond donors (Lipinski definition) is 0. The third kappa shape index (κ3) is 2.74. The molecule has 0 aromatic rings. The molecule has 2 heteroatoms. The molecule has 0 aromatic carbocycles. The van der Waals surface area contributed by atoms with Gasteiger partial charge in [0.05, 0.1) is 12.7 Å². The predicted molar refractivity (Wildman–Crippen MR) is 123 cm³/mol. The van der Waals surface area contributed by atoms with Crippen LogP contribution in [0.1, 0.15) is 98.3 Å². The molecule has 0 radical (unpaired) electrons. The minimum absolute atomic E-state index is 0.311. The van der Waals surface area contributed by atoms with Crippen LogP contribution in [-0.2, 0) is 9.47 Å². The molecule has 2 nitrogen and oxygen atoms in total. The van der Waals surface area contributed by atoms with Crippen molar-refractivity contribution in [3.05, 3.63) is 0 Å². The van der Waals surface area contributed by atoms with Crippen LogP contribution in [-0.4, -0.2) is 26.9 Å². The highest BCUT2D eigenvalue weighted by molar-refractivity contribution is 5.15. The Kier molecular flexibility index (Phi) is 5.23. The molecule has 0 N–H and O–H groups in total. The van der Waals surface area contributed by atoms with E-state index >= 15 is 0 Å². The second kappa shape index (κ2) is 7.21. The van der Waals surface area contributed by atoms with Crippen molar-refractivity contribution in [3.63, 3.8) is 0 Å². The third-order valence-electron chi connectivity index (χ3n) is 12.3. The van der Waals surface area contributed by atoms with Gasteiger partial charge in [-0.25, -0.2) is 0 Å². The summed E-state index contributed by atoms with van der Waals surface area (Å²) in [6.07, 6.45) is 16.2. The molecule has 5 rings (SSSR count). The molecule has 0 aromatic heterocycles. The molecule has 0 spiro atoms. The van der Waals surface area contributed by atoms with E-state index in [0.717, 1.165) is 36.2 Å². The fourth-order valence-electron chi connectivity index (χ4n) is 11.3. The molecule has 9 atom stereocenters. The van der Waals surface area contributed by atoms with Gasteiger partial charge in [0, 0.05) is 14.2 Å². The van der Waals surface area contributed by atoms with Crippen LogP contribution >= 0.6 is 0 Å². The number of fused-ring (bicyclic) bond motifs is 7. The van der Waals surface area contributed by atoms with Crippen molar-refractivity contribution < 1.29 is 9.47 Å². The zero-order valence-corrected chi connectivity index (χ0v) is 20.8. The van der Waals surface area contributed by atoms with E-state index in [-0.39, 0.29) is 0 Å². The molecule has 5 aliphatic rings. The molecule has 0 heterocycles. The van der Waals surface area contributed by atoms with Gasteiger partial charge >= 0.3 is 0 Å². The highest BCUT2D eigenvalue weighted by Gasteiger charge is 2.66. The summed E-state index contributed by atoms with van der Waals surface area (Å²) in [7, 11) is 3.89. The van der Waals surface area contributed by atoms with Crippen LogP contribution in [0.3, 0.4) is 0 Å². The smallest absolute Gasteiger partial charge is 0.0625 e. The van der Waals surface area contributed by atoms with Gasteiger partial charge in [-0.2, -0.15) is 0 Å². The zero-order valence-electron chi connectivity index (χ0n) is 20.8. The molecule has 0 saturated heterocycles. The average Bonchev–Trinajstić information content (AvgIpc) is 3.11. The van der Waals surface area contributed by atoms with Gasteiger partial charge in [0.1, 0.15) is 0 Å². The Morgan fingerprint density at radius 2 is 1.47 bits per heavy atom. The number of methoxy groups -OCH3 is 2. The Labute approximate surface area is 186 Å². The topological polar surface area (TPSA) is 18.5 Å². The first-order valence-electron chi connectivity index (χ1n) is 13.2. The first kappa shape index (κ1) is 21.7. The van der Waals surface area contributed by atoms with E-state index < -0.39 is 0 Å². The Balaban J connectivity index is 1.45. The maximum atomic E-state index is 6.02. The highest BCUT2D eigenvalue weighted by Crippen LogP contribution is 2.73. The van der Waals surface area contributed by atoms with Crippen LogP contribution in [0, 0.1) is 51.2 Å². The summed E-state index contributed by atoms with van der Waals surface area (Å²) in [4.78, 5) is 0. The van der Waals surface area contributed by atoms with Crippen LogP contribution in [0.25, 0.3) is 0 Å². The molecular formula is C28H48O2. The minimum atomic E-state index is 0.311. The number of hydrogen-bond acceptors (Lipinski definition) is 2. The van der Waals surface area contributed by atoms with Crippen LogP contribution in [0.5, 0.6) is 0 Å². The maximum absolute atomic E-state index is 6.02. The van der Waals surface area contributed by atoms with Gasteiger partial charge in [-0.1, -0.05) is 34.1 Å². The quantitative estimate of drug-likeness (QED) is 0.488. The van der Waals surface area contributed by atoms with E-state index in [1.807, 2.05) is 14.2 Å². The summed E-state index contributed by atoms with van der Waals surface area (Å²) in [6.45, 7) is 11.5. The Morgan fingerprint density at radius 3 is 2.20 bits per heavy atom. The second-order valence-electron chi connectivity index (χ2n) is 13.4. The van der Waals surface area contributed by atoms with Crippen molar-refractivity contribution in [2.45, 2.75) is 104 Å². The van der Waals surface area contributed by atoms with Gasteiger partial charge in [-0.3, -0.25) is 0 Å². The van der Waals surface area contributed by atoms with Gasteiger partial charge in [0.15, 0.2) is 0 Å². The van der Waals surface area contributed by atoms with Crippen molar-refractivity contribution in [2.24, 2.45) is 51.2 Å². The van der Waals surface area contributed by atoms with Crippen LogP contribution < -0.4 is 0 Å². The van der Waals surface area contributed by atoms with Gasteiger partial charge in [-0.15, -0.1) is 0 Å². The summed E-state index contributed by atoms with van der Waals surface area (Å²) < 4.78 is 11.8. The van der Waals surface area contributed by atoms with Crippen LogP contribution in [0.2, 0.25) is 0 Å². The normalized spacial score (nSPS) is 54.6. The largest absolute Gasteiger partial charge is 0.384 e. The molecular weight excluding hydrogens is 368 g/mol. The molecule has 5 fully saturated rings. The molecule has 9 unspecified atom stereocenters. The van der Waals surface area contributed by atoms with Gasteiger partial charge in [0.25, 0.3) is 0 Å². The predicted octanol–water partition coefficient (Wildman–Crippen LogP) is 7.11. The van der Waals surface area contributed by atoms with E-state index in [4.69, 9.17) is 9.47 Å². The average molecular weight is 417 g/mol. The molecule has 30 heavy (non-hydrogen) atoms. The lowest BCUT2D eigenvalue weighted by Crippen LogP contribution is -2.63. The molecule has 0 bridgehead atoms. The molecule has 5 aliphatic carbocycles. The Bertz CT molecular complexity index is 657. The number of ether oxygens (including phenoxy) is 2. The van der Waals surface area contributed by atoms with Crippen molar-refractivity contribution in [3.8, 4) is 0 Å². The first-order chi connectivity index (χ1) is 14.2. The van der Waals surface area contributed by atoms with E-state index in [0.29, 0.717) is 27.8 Å². The first-order valence-corrected chi connectivity index (χ1v) is 13.2. The molecule has 5 saturated carbocycles. The minimum Gasteiger partial charge on any atom is -0.384 e. The lowest BCUT2D eigenvalue weighted by Gasteiger charge is -2.69. The van der Waals surface area contributed by atoms with E-state index in [1.165, 1.54) is 70.6 Å². The summed E-state index contributed by atoms with van der Waals surface area (Å²) in [5, 5.41) is 0. The molecule has 0 aliphatic heterocycles. The summed E-state index contributed by atoms with van der Waals surface area (Å²) in [5.41, 5.74) is 1.91. The van der Waals surface area contributed by atoms with Crippen molar-refractivity contribution in [1.82, 2.24) is 0 Å². The van der Waals surface area contributed by atoms with Gasteiger partial charge in [0.2, 0.25) is 0 Å². The lowest BCUT2D eigenvalue weighted by molar-refractivity contribution is -0.219. The summed E-state index contributed by atoms with van der Waals surface area (Å²) in [5.74, 6) is 4.62. The highest BCUT2D eigenvalue weighted by atomic mass is 16.5. The maximum Gasteiger partial charge on any atom is 0.0625 e. The van der Waals surface area contributed by atoms with Crippen molar-refractivity contribution in [2.75, 3.05) is 20.8 Å². The Hall–Kier alpha value is -0.0800. The van der Waals surface area contributed by atoms with E-state index in [2.05, 4.69) is 27.7 Å². The van der Waals surface area contributed by atoms with E-state index in [1.54, 1.807) is 0 Å².